The van der Waals surface area contributed by atoms with Gasteiger partial charge in [0.05, 0.1) is 12.7 Å². The highest BCUT2D eigenvalue weighted by atomic mass is 35.5. The van der Waals surface area contributed by atoms with Crippen LogP contribution >= 0.6 is 11.6 Å². The molecule has 3 aromatic rings. The van der Waals surface area contributed by atoms with E-state index in [1.54, 1.807) is 19.2 Å². The Kier molecular flexibility index (Phi) is 6.41. The van der Waals surface area contributed by atoms with Crippen molar-refractivity contribution in [2.45, 2.75) is 13.1 Å². The monoisotopic (exact) mass is 410 g/mol. The zero-order valence-electron chi connectivity index (χ0n) is 15.7. The Balaban J connectivity index is 2.00. The van der Waals surface area contributed by atoms with Gasteiger partial charge in [-0.25, -0.2) is 4.98 Å². The molecule has 3 rings (SSSR count). The number of rotatable bonds is 8. The smallest absolute Gasteiger partial charge is 0.223 e. The van der Waals surface area contributed by atoms with Crippen LogP contribution in [0.15, 0.2) is 48.5 Å². The van der Waals surface area contributed by atoms with E-state index in [9.17, 15) is 9.59 Å². The number of aldehydes is 2. The van der Waals surface area contributed by atoms with Crippen LogP contribution in [-0.2, 0) is 13.1 Å². The first-order chi connectivity index (χ1) is 14.0. The van der Waals surface area contributed by atoms with Crippen LogP contribution in [0.2, 0.25) is 5.15 Å². The number of carbonyl (C=O) groups excluding carboxylic acids is 2. The van der Waals surface area contributed by atoms with Gasteiger partial charge in [-0.3, -0.25) is 9.59 Å². The van der Waals surface area contributed by atoms with Crippen molar-refractivity contribution in [1.82, 2.24) is 9.97 Å². The topological polar surface area (TPSA) is 98.4 Å². The van der Waals surface area contributed by atoms with E-state index in [1.165, 1.54) is 0 Å². The van der Waals surface area contributed by atoms with Crippen LogP contribution in [0.5, 0.6) is 5.75 Å². The van der Waals surface area contributed by atoms with Gasteiger partial charge in [0.1, 0.15) is 23.0 Å². The number of hydrogen-bond donors (Lipinski definition) is 1. The first-order valence-electron chi connectivity index (χ1n) is 8.74. The lowest BCUT2D eigenvalue weighted by Gasteiger charge is -2.26. The van der Waals surface area contributed by atoms with Gasteiger partial charge in [0.2, 0.25) is 5.95 Å². The molecule has 0 spiro atoms. The van der Waals surface area contributed by atoms with Gasteiger partial charge in [-0.15, -0.1) is 0 Å². The Hall–Kier alpha value is -3.45. The number of benzene rings is 2. The van der Waals surface area contributed by atoms with Crippen molar-refractivity contribution >= 4 is 35.9 Å². The largest absolute Gasteiger partial charge is 0.497 e. The van der Waals surface area contributed by atoms with Gasteiger partial charge in [-0.05, 0) is 23.3 Å². The molecule has 148 valence electrons. The summed E-state index contributed by atoms with van der Waals surface area (Å²) in [6.07, 6.45) is 1.40. The summed E-state index contributed by atoms with van der Waals surface area (Å²) in [7, 11) is 1.60. The molecule has 1 aromatic heterocycles. The van der Waals surface area contributed by atoms with Crippen molar-refractivity contribution < 1.29 is 14.3 Å². The van der Waals surface area contributed by atoms with E-state index in [0.29, 0.717) is 30.8 Å². The van der Waals surface area contributed by atoms with Crippen molar-refractivity contribution in [3.8, 4) is 5.75 Å². The second-order valence-electron chi connectivity index (χ2n) is 6.29. The summed E-state index contributed by atoms with van der Waals surface area (Å²) >= 11 is 6.12. The Labute approximate surface area is 173 Å². The van der Waals surface area contributed by atoms with Gasteiger partial charge in [-0.1, -0.05) is 48.0 Å². The number of nitrogens with zero attached hydrogens (tertiary/aromatic N) is 3. The average Bonchev–Trinajstić information content (AvgIpc) is 2.74. The van der Waals surface area contributed by atoms with Crippen LogP contribution in [-0.4, -0.2) is 29.7 Å². The van der Waals surface area contributed by atoms with Crippen LogP contribution in [0.4, 0.5) is 11.8 Å². The van der Waals surface area contributed by atoms with E-state index in [2.05, 4.69) is 9.97 Å². The van der Waals surface area contributed by atoms with Gasteiger partial charge in [-0.2, -0.15) is 4.98 Å². The summed E-state index contributed by atoms with van der Waals surface area (Å²) in [5.41, 5.74) is 8.42. The van der Waals surface area contributed by atoms with Gasteiger partial charge in [0, 0.05) is 18.7 Å². The molecule has 29 heavy (non-hydrogen) atoms. The molecule has 2 N–H and O–H groups in total. The highest BCUT2D eigenvalue weighted by molar-refractivity contribution is 6.32. The molecule has 0 aliphatic carbocycles. The molecule has 0 aliphatic heterocycles. The van der Waals surface area contributed by atoms with E-state index >= 15 is 0 Å². The number of methoxy groups -OCH3 is 1. The van der Waals surface area contributed by atoms with Crippen LogP contribution in [0.25, 0.3) is 0 Å². The summed E-state index contributed by atoms with van der Waals surface area (Å²) < 4.78 is 5.20. The predicted octanol–water partition coefficient (Wildman–Crippen LogP) is 3.55. The third-order valence-electron chi connectivity index (χ3n) is 4.34. The zero-order chi connectivity index (χ0) is 20.8. The number of anilines is 2. The number of ether oxygens (including phenoxy) is 1. The maximum absolute atomic E-state index is 11.6. The zero-order valence-corrected chi connectivity index (χ0v) is 16.5. The molecule has 2 aromatic carbocycles. The molecule has 0 aliphatic rings. The molecular weight excluding hydrogens is 392 g/mol. The molecule has 0 amide bonds. The summed E-state index contributed by atoms with van der Waals surface area (Å²) in [4.78, 5) is 32.6. The molecule has 0 unspecified atom stereocenters. The summed E-state index contributed by atoms with van der Waals surface area (Å²) in [6, 6.07) is 14.7. The minimum Gasteiger partial charge on any atom is -0.497 e. The molecule has 0 saturated heterocycles. The maximum atomic E-state index is 11.6. The van der Waals surface area contributed by atoms with Crippen LogP contribution in [0, 0.1) is 0 Å². The SMILES string of the molecule is COc1ccc(CN(Cc2ccc(C=O)cc2)c2nc(N)nc(Cl)c2C=O)cc1. The Morgan fingerprint density at radius 2 is 1.55 bits per heavy atom. The second-order valence-corrected chi connectivity index (χ2v) is 6.65. The van der Waals surface area contributed by atoms with E-state index in [0.717, 1.165) is 23.2 Å². The summed E-state index contributed by atoms with van der Waals surface area (Å²) in [6.45, 7) is 0.853. The van der Waals surface area contributed by atoms with Crippen molar-refractivity contribution in [3.05, 3.63) is 75.9 Å². The Morgan fingerprint density at radius 1 is 0.966 bits per heavy atom. The highest BCUT2D eigenvalue weighted by Crippen LogP contribution is 2.27. The molecule has 0 atom stereocenters. The second kappa shape index (κ2) is 9.16. The quantitative estimate of drug-likeness (QED) is 0.447. The third kappa shape index (κ3) is 4.89. The molecule has 1 heterocycles. The van der Waals surface area contributed by atoms with E-state index in [4.69, 9.17) is 22.1 Å². The molecule has 0 saturated carbocycles. The lowest BCUT2D eigenvalue weighted by atomic mass is 10.1. The summed E-state index contributed by atoms with van der Waals surface area (Å²) in [5, 5.41) is -0.00136. The van der Waals surface area contributed by atoms with Crippen molar-refractivity contribution in [2.24, 2.45) is 0 Å². The van der Waals surface area contributed by atoms with E-state index in [1.807, 2.05) is 41.3 Å². The maximum Gasteiger partial charge on any atom is 0.223 e. The Morgan fingerprint density at radius 3 is 2.07 bits per heavy atom. The molecule has 7 nitrogen and oxygen atoms in total. The van der Waals surface area contributed by atoms with Crippen LogP contribution in [0.3, 0.4) is 0 Å². The fraction of sp³-hybridized carbons (Fsp3) is 0.143. The first-order valence-corrected chi connectivity index (χ1v) is 9.12. The number of halogens is 1. The van der Waals surface area contributed by atoms with Gasteiger partial charge in [0.15, 0.2) is 6.29 Å². The van der Waals surface area contributed by atoms with Crippen molar-refractivity contribution in [1.29, 1.82) is 0 Å². The van der Waals surface area contributed by atoms with Crippen LogP contribution in [0.1, 0.15) is 31.8 Å². The number of hydrogen-bond acceptors (Lipinski definition) is 7. The predicted molar refractivity (Wildman–Crippen MR) is 112 cm³/mol. The normalized spacial score (nSPS) is 10.4. The lowest BCUT2D eigenvalue weighted by molar-refractivity contribution is 0.111. The van der Waals surface area contributed by atoms with Crippen molar-refractivity contribution in [2.75, 3.05) is 17.7 Å². The fourth-order valence-electron chi connectivity index (χ4n) is 2.87. The van der Waals surface area contributed by atoms with Gasteiger partial charge >= 0.3 is 0 Å². The first kappa shape index (κ1) is 20.3. The molecule has 0 radical (unpaired) electrons. The molecule has 0 fully saturated rings. The number of nitrogen functional groups attached to an aromatic ring is 1. The molecule has 0 bridgehead atoms. The number of carbonyl (C=O) groups is 2. The minimum absolute atomic E-state index is 0.00136. The summed E-state index contributed by atoms with van der Waals surface area (Å²) in [5.74, 6) is 1.06. The highest BCUT2D eigenvalue weighted by Gasteiger charge is 2.19. The van der Waals surface area contributed by atoms with Gasteiger partial charge in [0.25, 0.3) is 0 Å². The van der Waals surface area contributed by atoms with E-state index in [-0.39, 0.29) is 16.7 Å². The molecular formula is C21H19ClN4O3. The van der Waals surface area contributed by atoms with E-state index < -0.39 is 0 Å². The standard InChI is InChI=1S/C21H19ClN4O3/c1-29-17-8-6-15(7-9-17)11-26(10-14-2-4-16(12-27)5-3-14)20-18(13-28)19(22)24-21(23)25-20/h2-9,12-13H,10-11H2,1H3,(H2,23,24,25). The minimum atomic E-state index is -0.0216. The van der Waals surface area contributed by atoms with Gasteiger partial charge < -0.3 is 15.4 Å². The fourth-order valence-corrected chi connectivity index (χ4v) is 3.08. The third-order valence-corrected chi connectivity index (χ3v) is 4.62. The van der Waals surface area contributed by atoms with Crippen LogP contribution < -0.4 is 15.4 Å². The number of aromatic nitrogens is 2. The number of nitrogens with two attached hydrogens (primary N) is 1. The Bertz CT molecular complexity index is 1010. The average molecular weight is 411 g/mol. The van der Waals surface area contributed by atoms with Crippen molar-refractivity contribution in [3.63, 3.8) is 0 Å². The molecule has 8 heteroatoms. The lowest BCUT2D eigenvalue weighted by Crippen LogP contribution is -2.25.